The van der Waals surface area contributed by atoms with Crippen molar-refractivity contribution in [3.63, 3.8) is 0 Å². The molecule has 0 amide bonds. The van der Waals surface area contributed by atoms with Gasteiger partial charge in [-0.1, -0.05) is 97.1 Å². The van der Waals surface area contributed by atoms with E-state index in [9.17, 15) is 0 Å². The second kappa shape index (κ2) is 22.3. The number of benzene rings is 12. The van der Waals surface area contributed by atoms with E-state index in [1.54, 1.807) is 0 Å². The van der Waals surface area contributed by atoms with Crippen LogP contribution in [0.2, 0.25) is 0 Å². The Morgan fingerprint density at radius 2 is 0.396 bits per heavy atom. The van der Waals surface area contributed by atoms with Gasteiger partial charge in [0.05, 0.1) is 93.3 Å². The van der Waals surface area contributed by atoms with Crippen molar-refractivity contribution in [1.29, 1.82) is 0 Å². The van der Waals surface area contributed by atoms with Crippen LogP contribution in [-0.4, -0.2) is 0 Å². The minimum atomic E-state index is 0.866. The number of furan rings is 4. The summed E-state index contributed by atoms with van der Waals surface area (Å²) < 4.78 is 25.1. The zero-order valence-electron chi connectivity index (χ0n) is 57.7. The molecular weight excluding hydrogens is 1180 g/mol. The van der Waals surface area contributed by atoms with Crippen LogP contribution in [0.4, 0.5) is 68.2 Å². The Kier molecular flexibility index (Phi) is 14.0. The van der Waals surface area contributed by atoms with E-state index in [1.807, 2.05) is 25.1 Å². The minimum absolute atomic E-state index is 0.866. The molecule has 0 aliphatic heterocycles. The average molecular weight is 1260 g/mol. The molecule has 0 unspecified atom stereocenters. The fourth-order valence-electron chi connectivity index (χ4n) is 16.8. The van der Waals surface area contributed by atoms with Crippen LogP contribution in [0, 0.1) is 111 Å². The number of rotatable bonds is 12. The van der Waals surface area contributed by atoms with E-state index in [4.69, 9.17) is 17.7 Å². The highest BCUT2D eigenvalue weighted by Gasteiger charge is 2.35. The van der Waals surface area contributed by atoms with E-state index >= 15 is 0 Å². The first kappa shape index (κ1) is 60.0. The van der Waals surface area contributed by atoms with Gasteiger partial charge in [-0.2, -0.15) is 0 Å². The summed E-state index contributed by atoms with van der Waals surface area (Å²) in [5.41, 5.74) is 34.9. The molecule has 0 saturated heterocycles. The van der Waals surface area contributed by atoms with Crippen LogP contribution >= 0.6 is 0 Å². The summed E-state index contributed by atoms with van der Waals surface area (Å²) in [6.45, 7) is 36.2. The maximum absolute atomic E-state index is 6.27. The highest BCUT2D eigenvalue weighted by Crippen LogP contribution is 2.59. The smallest absolute Gasteiger partial charge is 0.134 e. The summed E-state index contributed by atoms with van der Waals surface area (Å²) in [5.74, 6) is 0. The first-order valence-corrected chi connectivity index (χ1v) is 33.4. The molecule has 16 aromatic rings. The normalized spacial score (nSPS) is 12.0. The van der Waals surface area contributed by atoms with Crippen molar-refractivity contribution in [3.05, 3.63) is 272 Å². The second-order valence-electron chi connectivity index (χ2n) is 27.2. The van der Waals surface area contributed by atoms with Crippen LogP contribution in [0.5, 0.6) is 0 Å². The molecule has 4 aromatic heterocycles. The van der Waals surface area contributed by atoms with Crippen LogP contribution in [0.25, 0.3) is 76.2 Å². The van der Waals surface area contributed by atoms with Gasteiger partial charge in [0.15, 0.2) is 0 Å². The number of nitrogens with zero attached hydrogens (tertiary/aromatic N) is 4. The third-order valence-electron chi connectivity index (χ3n) is 21.0. The molecule has 474 valence electrons. The van der Waals surface area contributed by atoms with Gasteiger partial charge in [-0.25, -0.2) is 0 Å². The van der Waals surface area contributed by atoms with E-state index in [1.165, 1.54) is 0 Å². The van der Waals surface area contributed by atoms with Crippen molar-refractivity contribution >= 4 is 144 Å². The van der Waals surface area contributed by atoms with E-state index in [0.717, 1.165) is 233 Å². The molecule has 0 atom stereocenters. The van der Waals surface area contributed by atoms with Gasteiger partial charge in [0.25, 0.3) is 0 Å². The fourth-order valence-corrected chi connectivity index (χ4v) is 16.8. The van der Waals surface area contributed by atoms with E-state index < -0.39 is 0 Å². The number of aryl methyl sites for hydroxylation is 16. The molecule has 8 heteroatoms. The van der Waals surface area contributed by atoms with Crippen LogP contribution in [0.15, 0.2) is 200 Å². The Hall–Kier alpha value is -11.0. The zero-order chi connectivity index (χ0) is 66.6. The van der Waals surface area contributed by atoms with Crippen LogP contribution in [0.1, 0.15) is 89.0 Å². The van der Waals surface area contributed by atoms with Crippen molar-refractivity contribution in [2.24, 2.45) is 0 Å². The first-order valence-electron chi connectivity index (χ1n) is 33.4. The lowest BCUT2D eigenvalue weighted by Crippen LogP contribution is -2.20. The molecule has 0 saturated carbocycles. The van der Waals surface area contributed by atoms with Crippen molar-refractivity contribution in [2.45, 2.75) is 111 Å². The topological polar surface area (TPSA) is 65.5 Å². The lowest BCUT2D eigenvalue weighted by atomic mass is 9.87. The lowest BCUT2D eigenvalue weighted by molar-refractivity contribution is 0.615. The third-order valence-corrected chi connectivity index (χ3v) is 21.0. The standard InChI is InChI=1S/C88H78N4O4/c1-47-21-17-22-48(2)81(47)89(85-55(9)41-75-63(59(85)13)33-37-93-75)71-45-72(90(82-49(3)23-18-24-50(82)4)86-56(10)42-76-64(60(86)14)34-38-94-76)68-31-32-70-74(92(84-53(7)27-20-28-54(84)8)88-58(12)44-78-66(62(88)16)36-40-96-78)46-73(69-30-29-67(71)79(68)80(69)70)91(83-51(5)25-19-26-52(83)6)87-57(11)43-77-65(61(87)15)35-39-95-77/h17-46H,1-16H3. The third kappa shape index (κ3) is 8.87. The Morgan fingerprint density at radius 3 is 0.594 bits per heavy atom. The monoisotopic (exact) mass is 1250 g/mol. The maximum Gasteiger partial charge on any atom is 0.134 e. The molecule has 0 spiro atoms. The van der Waals surface area contributed by atoms with E-state index in [-0.39, 0.29) is 0 Å². The van der Waals surface area contributed by atoms with Crippen LogP contribution in [0.3, 0.4) is 0 Å². The molecule has 16 rings (SSSR count). The number of hydrogen-bond donors (Lipinski definition) is 0. The van der Waals surface area contributed by atoms with Gasteiger partial charge in [-0.05, 0) is 260 Å². The number of para-hydroxylation sites is 4. The molecule has 0 aliphatic rings. The van der Waals surface area contributed by atoms with Crippen molar-refractivity contribution in [2.75, 3.05) is 19.6 Å². The summed E-state index contributed by atoms with van der Waals surface area (Å²) >= 11 is 0. The SMILES string of the molecule is Cc1cccc(C)c1N(c1c(C)cc2occc2c1C)c1cc(N(c2c(C)cccc2C)c2c(C)cc3occc3c2C)c2ccc3c(N(c4c(C)cccc4C)c4c(C)cc5occc5c4C)cc(N(c4c(C)cccc4C)c4c(C)cc5occc5c4C)c4ccc1c2c43. The lowest BCUT2D eigenvalue weighted by Gasteiger charge is -2.38. The second-order valence-corrected chi connectivity index (χ2v) is 27.2. The van der Waals surface area contributed by atoms with E-state index in [0.29, 0.717) is 0 Å². The number of anilines is 12. The molecule has 0 N–H and O–H groups in total. The molecule has 4 heterocycles. The van der Waals surface area contributed by atoms with Gasteiger partial charge in [0.1, 0.15) is 22.3 Å². The molecule has 96 heavy (non-hydrogen) atoms. The molecule has 0 bridgehead atoms. The Morgan fingerprint density at radius 1 is 0.198 bits per heavy atom. The van der Waals surface area contributed by atoms with Gasteiger partial charge in [0.2, 0.25) is 0 Å². The Bertz CT molecular complexity index is 5110. The zero-order valence-corrected chi connectivity index (χ0v) is 57.7. The van der Waals surface area contributed by atoms with Gasteiger partial charge >= 0.3 is 0 Å². The fraction of sp³-hybridized carbons (Fsp3) is 0.182. The van der Waals surface area contributed by atoms with Crippen LogP contribution < -0.4 is 19.6 Å². The molecular formula is C88H78N4O4. The largest absolute Gasteiger partial charge is 0.464 e. The quantitative estimate of drug-likeness (QED) is 0.112. The van der Waals surface area contributed by atoms with Gasteiger partial charge < -0.3 is 37.3 Å². The number of hydrogen-bond acceptors (Lipinski definition) is 8. The van der Waals surface area contributed by atoms with Crippen LogP contribution in [-0.2, 0) is 0 Å². The van der Waals surface area contributed by atoms with Crippen molar-refractivity contribution < 1.29 is 17.7 Å². The predicted molar refractivity (Wildman–Crippen MR) is 404 cm³/mol. The van der Waals surface area contributed by atoms with Gasteiger partial charge in [-0.3, -0.25) is 0 Å². The average Bonchev–Trinajstić information content (AvgIpc) is 0.773. The highest BCUT2D eigenvalue weighted by molar-refractivity contribution is 6.33. The van der Waals surface area contributed by atoms with E-state index in [2.05, 4.69) is 288 Å². The molecule has 0 aliphatic carbocycles. The highest BCUT2D eigenvalue weighted by atomic mass is 16.3. The summed E-state index contributed by atoms with van der Waals surface area (Å²) in [7, 11) is 0. The molecule has 8 nitrogen and oxygen atoms in total. The summed E-state index contributed by atoms with van der Waals surface area (Å²) in [4.78, 5) is 10.4. The van der Waals surface area contributed by atoms with Gasteiger partial charge in [0, 0.05) is 53.9 Å². The Labute approximate surface area is 561 Å². The predicted octanol–water partition coefficient (Wildman–Crippen LogP) is 26.4. The van der Waals surface area contributed by atoms with Crippen molar-refractivity contribution in [1.82, 2.24) is 0 Å². The summed E-state index contributed by atoms with van der Waals surface area (Å²) in [5, 5.41) is 11.0. The molecule has 0 radical (unpaired) electrons. The maximum atomic E-state index is 6.27. The summed E-state index contributed by atoms with van der Waals surface area (Å²) in [6.07, 6.45) is 7.31. The summed E-state index contributed by atoms with van der Waals surface area (Å²) in [6, 6.07) is 59.1. The minimum Gasteiger partial charge on any atom is -0.464 e. The first-order chi connectivity index (χ1) is 46.3. The molecule has 12 aromatic carbocycles. The number of fused-ring (bicyclic) bond motifs is 4. The van der Waals surface area contributed by atoms with Crippen molar-refractivity contribution in [3.8, 4) is 0 Å². The molecule has 0 fully saturated rings. The Balaban J connectivity index is 1.18. The van der Waals surface area contributed by atoms with Gasteiger partial charge in [-0.15, -0.1) is 0 Å².